The maximum Gasteiger partial charge on any atom is 0.320 e. The van der Waals surface area contributed by atoms with Crippen molar-refractivity contribution in [3.8, 4) is 0 Å². The van der Waals surface area contributed by atoms with Gasteiger partial charge in [0.05, 0.1) is 7.11 Å². The number of nitrogens with zero attached hydrogens (tertiary/aromatic N) is 2. The van der Waals surface area contributed by atoms with Crippen molar-refractivity contribution in [1.82, 2.24) is 9.80 Å². The Balaban J connectivity index is 2.37. The number of likely N-dealkylation sites (N-methyl/N-ethyl adjacent to an activating group) is 1. The van der Waals surface area contributed by atoms with Crippen LogP contribution in [-0.4, -0.2) is 66.5 Å². The minimum atomic E-state index is -0.210. The van der Waals surface area contributed by atoms with E-state index in [9.17, 15) is 4.79 Å². The average molecular weight is 293 g/mol. The van der Waals surface area contributed by atoms with E-state index in [-0.39, 0.29) is 10.8 Å². The fourth-order valence-electron chi connectivity index (χ4n) is 2.14. The normalized spacial score (nSPS) is 25.4. The van der Waals surface area contributed by atoms with Gasteiger partial charge in [-0.2, -0.15) is 0 Å². The van der Waals surface area contributed by atoms with Crippen molar-refractivity contribution >= 4 is 21.9 Å². The third-order valence-corrected chi connectivity index (χ3v) is 3.79. The molecule has 1 rings (SSSR count). The van der Waals surface area contributed by atoms with E-state index >= 15 is 0 Å². The molecule has 5 heteroatoms. The van der Waals surface area contributed by atoms with Crippen molar-refractivity contribution < 1.29 is 9.53 Å². The van der Waals surface area contributed by atoms with Crippen LogP contribution < -0.4 is 0 Å². The lowest BCUT2D eigenvalue weighted by Crippen LogP contribution is -2.53. The molecule has 0 N–H and O–H groups in total. The van der Waals surface area contributed by atoms with Crippen LogP contribution in [0.5, 0.6) is 0 Å². The second-order valence-electron chi connectivity index (χ2n) is 4.23. The van der Waals surface area contributed by atoms with Crippen molar-refractivity contribution in [2.75, 3.05) is 39.8 Å². The summed E-state index contributed by atoms with van der Waals surface area (Å²) >= 11 is 3.36. The van der Waals surface area contributed by atoms with Crippen molar-refractivity contribution in [3.63, 3.8) is 0 Å². The fourth-order valence-corrected chi connectivity index (χ4v) is 2.73. The first-order chi connectivity index (χ1) is 7.58. The summed E-state index contributed by atoms with van der Waals surface area (Å²) in [6.07, 6.45) is 0. The smallest absolute Gasteiger partial charge is 0.320 e. The van der Waals surface area contributed by atoms with Gasteiger partial charge in [-0.1, -0.05) is 22.9 Å². The highest BCUT2D eigenvalue weighted by molar-refractivity contribution is 9.10. The summed E-state index contributed by atoms with van der Waals surface area (Å²) in [7, 11) is 1.42. The number of halogens is 1. The molecule has 2 atom stereocenters. The molecular weight excluding hydrogens is 272 g/mol. The summed E-state index contributed by atoms with van der Waals surface area (Å²) < 4.78 is 4.70. The topological polar surface area (TPSA) is 32.8 Å². The van der Waals surface area contributed by atoms with E-state index < -0.39 is 0 Å². The van der Waals surface area contributed by atoms with Gasteiger partial charge in [-0.15, -0.1) is 0 Å². The molecule has 0 spiro atoms. The number of rotatable bonds is 4. The van der Waals surface area contributed by atoms with Crippen LogP contribution in [-0.2, 0) is 9.53 Å². The van der Waals surface area contributed by atoms with E-state index in [1.165, 1.54) is 7.11 Å². The van der Waals surface area contributed by atoms with Crippen molar-refractivity contribution in [2.45, 2.75) is 24.7 Å². The van der Waals surface area contributed by atoms with Crippen LogP contribution >= 0.6 is 15.9 Å². The fraction of sp³-hybridized carbons (Fsp3) is 0.909. The SMILES string of the molecule is CCN1CCN(CC(Br)C(=O)OC)CC1C. The standard InChI is InChI=1S/C11H21BrN2O2/c1-4-14-6-5-13(7-9(14)2)8-10(12)11(15)16-3/h9-10H,4-8H2,1-3H3. The number of hydrogen-bond donors (Lipinski definition) is 0. The molecule has 0 aromatic carbocycles. The van der Waals surface area contributed by atoms with Crippen LogP contribution in [0.1, 0.15) is 13.8 Å². The molecule has 0 saturated carbocycles. The Hall–Kier alpha value is -0.130. The van der Waals surface area contributed by atoms with Gasteiger partial charge in [-0.25, -0.2) is 0 Å². The van der Waals surface area contributed by atoms with Crippen molar-refractivity contribution in [3.05, 3.63) is 0 Å². The predicted octanol–water partition coefficient (Wildman–Crippen LogP) is 0.949. The summed E-state index contributed by atoms with van der Waals surface area (Å²) in [5, 5.41) is 0. The van der Waals surface area contributed by atoms with Crippen LogP contribution in [0.25, 0.3) is 0 Å². The summed E-state index contributed by atoms with van der Waals surface area (Å²) in [6, 6.07) is 0.566. The maximum absolute atomic E-state index is 11.3. The third-order valence-electron chi connectivity index (χ3n) is 3.13. The lowest BCUT2D eigenvalue weighted by molar-refractivity contribution is -0.140. The quantitative estimate of drug-likeness (QED) is 0.571. The minimum absolute atomic E-state index is 0.189. The Labute approximate surface area is 106 Å². The second-order valence-corrected chi connectivity index (χ2v) is 5.33. The molecule has 0 aromatic rings. The first-order valence-corrected chi connectivity index (χ1v) is 6.68. The number of piperazine rings is 1. The Morgan fingerprint density at radius 1 is 1.56 bits per heavy atom. The largest absolute Gasteiger partial charge is 0.468 e. The molecule has 94 valence electrons. The molecule has 4 nitrogen and oxygen atoms in total. The molecule has 1 saturated heterocycles. The minimum Gasteiger partial charge on any atom is -0.468 e. The van der Waals surface area contributed by atoms with Crippen LogP contribution in [0.3, 0.4) is 0 Å². The Morgan fingerprint density at radius 2 is 2.25 bits per heavy atom. The Kier molecular flexibility index (Phi) is 5.72. The summed E-state index contributed by atoms with van der Waals surface area (Å²) in [4.78, 5) is 15.8. The number of carbonyl (C=O) groups excluding carboxylic acids is 1. The third kappa shape index (κ3) is 3.71. The molecule has 16 heavy (non-hydrogen) atoms. The molecule has 1 aliphatic heterocycles. The number of carbonyl (C=O) groups is 1. The van der Waals surface area contributed by atoms with Crippen LogP contribution in [0, 0.1) is 0 Å². The zero-order valence-corrected chi connectivity index (χ0v) is 11.9. The highest BCUT2D eigenvalue weighted by atomic mass is 79.9. The molecule has 1 aliphatic rings. The number of hydrogen-bond acceptors (Lipinski definition) is 4. The zero-order valence-electron chi connectivity index (χ0n) is 10.3. The van der Waals surface area contributed by atoms with E-state index in [1.807, 2.05) is 0 Å². The molecule has 1 fully saturated rings. The molecular formula is C11H21BrN2O2. The molecule has 2 unspecified atom stereocenters. The zero-order chi connectivity index (χ0) is 12.1. The maximum atomic E-state index is 11.3. The van der Waals surface area contributed by atoms with Gasteiger partial charge in [0.1, 0.15) is 4.83 Å². The molecule has 0 aliphatic carbocycles. The second kappa shape index (κ2) is 6.57. The number of methoxy groups -OCH3 is 1. The Bertz CT molecular complexity index is 238. The summed E-state index contributed by atoms with van der Waals surface area (Å²) in [5.74, 6) is -0.189. The van der Waals surface area contributed by atoms with E-state index in [1.54, 1.807) is 0 Å². The van der Waals surface area contributed by atoms with E-state index in [0.29, 0.717) is 6.04 Å². The van der Waals surface area contributed by atoms with Crippen molar-refractivity contribution in [2.24, 2.45) is 0 Å². The van der Waals surface area contributed by atoms with Crippen LogP contribution in [0.2, 0.25) is 0 Å². The van der Waals surface area contributed by atoms with Gasteiger partial charge >= 0.3 is 5.97 Å². The summed E-state index contributed by atoms with van der Waals surface area (Å²) in [5.41, 5.74) is 0. The Morgan fingerprint density at radius 3 is 2.75 bits per heavy atom. The van der Waals surface area contributed by atoms with E-state index in [4.69, 9.17) is 4.74 Å². The highest BCUT2D eigenvalue weighted by Gasteiger charge is 2.26. The lowest BCUT2D eigenvalue weighted by atomic mass is 10.2. The van der Waals surface area contributed by atoms with E-state index in [2.05, 4.69) is 39.6 Å². The van der Waals surface area contributed by atoms with Gasteiger partial charge in [-0.3, -0.25) is 14.6 Å². The first-order valence-electron chi connectivity index (χ1n) is 5.76. The monoisotopic (exact) mass is 292 g/mol. The van der Waals surface area contributed by atoms with Gasteiger partial charge in [-0.05, 0) is 13.5 Å². The number of ether oxygens (including phenoxy) is 1. The van der Waals surface area contributed by atoms with Crippen LogP contribution in [0.15, 0.2) is 0 Å². The molecule has 0 aromatic heterocycles. The van der Waals surface area contributed by atoms with Gasteiger partial charge in [0.25, 0.3) is 0 Å². The molecule has 0 bridgehead atoms. The van der Waals surface area contributed by atoms with Crippen LogP contribution in [0.4, 0.5) is 0 Å². The van der Waals surface area contributed by atoms with Gasteiger partial charge < -0.3 is 4.74 Å². The summed E-state index contributed by atoms with van der Waals surface area (Å²) in [6.45, 7) is 9.38. The lowest BCUT2D eigenvalue weighted by Gasteiger charge is -2.39. The molecule has 0 amide bonds. The van der Waals surface area contributed by atoms with E-state index in [0.717, 1.165) is 32.7 Å². The van der Waals surface area contributed by atoms with Gasteiger partial charge in [0.15, 0.2) is 0 Å². The van der Waals surface area contributed by atoms with Gasteiger partial charge in [0, 0.05) is 32.2 Å². The number of esters is 1. The average Bonchev–Trinajstić information content (AvgIpc) is 2.28. The molecule has 0 radical (unpaired) electrons. The molecule has 1 heterocycles. The predicted molar refractivity (Wildman–Crippen MR) is 67.9 cm³/mol. The number of alkyl halides is 1. The highest BCUT2D eigenvalue weighted by Crippen LogP contribution is 2.12. The van der Waals surface area contributed by atoms with Gasteiger partial charge in [0.2, 0.25) is 0 Å². The first kappa shape index (κ1) is 13.9. The van der Waals surface area contributed by atoms with Crippen molar-refractivity contribution in [1.29, 1.82) is 0 Å².